The van der Waals surface area contributed by atoms with Gasteiger partial charge < -0.3 is 22.0 Å². The normalized spacial score (nSPS) is 20.1. The lowest BCUT2D eigenvalue weighted by atomic mass is 10.2. The molecule has 2 aliphatic rings. The van der Waals surface area contributed by atoms with Crippen LogP contribution >= 0.6 is 11.8 Å². The largest absolute Gasteiger partial charge is 0.673 e. The van der Waals surface area contributed by atoms with Crippen LogP contribution in [-0.2, 0) is 15.6 Å². The summed E-state index contributed by atoms with van der Waals surface area (Å²) in [4.78, 5) is 5.90. The van der Waals surface area contributed by atoms with Crippen LogP contribution < -0.4 is 0 Å². The van der Waals surface area contributed by atoms with Crippen molar-refractivity contribution in [2.75, 3.05) is 13.2 Å². The van der Waals surface area contributed by atoms with Gasteiger partial charge in [0.25, 0.3) is 0 Å². The number of halogens is 4. The van der Waals surface area contributed by atoms with Crippen LogP contribution in [0.5, 0.6) is 0 Å². The van der Waals surface area contributed by atoms with E-state index in [2.05, 4.69) is 48.5 Å². The maximum absolute atomic E-state index is 9.75. The van der Waals surface area contributed by atoms with Crippen LogP contribution in [0.25, 0.3) is 0 Å². The second-order valence-electron chi connectivity index (χ2n) is 5.67. The van der Waals surface area contributed by atoms with Gasteiger partial charge in [-0.2, -0.15) is 0 Å². The Labute approximate surface area is 151 Å². The van der Waals surface area contributed by atoms with E-state index >= 15 is 0 Å². The fourth-order valence-electron chi connectivity index (χ4n) is 2.93. The zero-order chi connectivity index (χ0) is 17.9. The standard InChI is InChI=1S/C17H17OS2.BF4/c1-3-9-16-14(7-1)19-15-8-2-4-10-17(15)20(16)13-6-5-11-18-12-13;2-1(3,4)5/h1-4,7-10,13H,5-6,11-12H2;/q+1;-1. The van der Waals surface area contributed by atoms with Gasteiger partial charge in [-0.1, -0.05) is 36.0 Å². The van der Waals surface area contributed by atoms with Gasteiger partial charge in [0, 0.05) is 13.0 Å². The molecular weight excluding hydrogens is 371 g/mol. The number of rotatable bonds is 1. The molecule has 0 aromatic heterocycles. The van der Waals surface area contributed by atoms with Crippen molar-refractivity contribution in [1.29, 1.82) is 0 Å². The van der Waals surface area contributed by atoms with Gasteiger partial charge in [0.1, 0.15) is 0 Å². The molecule has 4 rings (SSSR count). The van der Waals surface area contributed by atoms with Crippen LogP contribution in [0.2, 0.25) is 0 Å². The number of benzene rings is 2. The summed E-state index contributed by atoms with van der Waals surface area (Å²) < 4.78 is 44.8. The Balaban J connectivity index is 0.000000324. The van der Waals surface area contributed by atoms with Crippen LogP contribution in [-0.4, -0.2) is 25.7 Å². The summed E-state index contributed by atoms with van der Waals surface area (Å²) in [6.45, 7) is 1.85. The minimum Gasteiger partial charge on any atom is -0.418 e. The summed E-state index contributed by atoms with van der Waals surface area (Å²) in [6.07, 6.45) is 2.49. The summed E-state index contributed by atoms with van der Waals surface area (Å²) in [5, 5.41) is 0.645. The third kappa shape index (κ3) is 4.95. The predicted octanol–water partition coefficient (Wildman–Crippen LogP) is 5.67. The third-order valence-corrected chi connectivity index (χ3v) is 7.95. The van der Waals surface area contributed by atoms with Gasteiger partial charge in [0.05, 0.1) is 27.3 Å². The van der Waals surface area contributed by atoms with Crippen LogP contribution in [0.15, 0.2) is 68.1 Å². The average Bonchev–Trinajstić information content (AvgIpc) is 2.59. The van der Waals surface area contributed by atoms with Crippen molar-refractivity contribution in [1.82, 2.24) is 0 Å². The molecule has 0 bridgehead atoms. The molecule has 0 radical (unpaired) electrons. The second-order valence-corrected chi connectivity index (χ2v) is 8.97. The SMILES string of the molecule is F[B-](F)(F)F.c1ccc2c(c1)Sc1ccccc1[S+]2C1CCCOC1. The van der Waals surface area contributed by atoms with Crippen LogP contribution in [0, 0.1) is 0 Å². The van der Waals surface area contributed by atoms with Gasteiger partial charge in [-0.15, -0.1) is 0 Å². The van der Waals surface area contributed by atoms with Crippen LogP contribution in [0.4, 0.5) is 17.3 Å². The van der Waals surface area contributed by atoms with E-state index in [4.69, 9.17) is 4.74 Å². The molecule has 0 spiro atoms. The fraction of sp³-hybridized carbons (Fsp3) is 0.294. The average molecular weight is 388 g/mol. The smallest absolute Gasteiger partial charge is 0.418 e. The second kappa shape index (κ2) is 8.06. The highest BCUT2D eigenvalue weighted by Crippen LogP contribution is 2.47. The molecule has 0 aliphatic carbocycles. The Hall–Kier alpha value is -1.12. The van der Waals surface area contributed by atoms with E-state index in [9.17, 15) is 17.3 Å². The number of fused-ring (bicyclic) bond motifs is 2. The minimum atomic E-state index is -6.00. The van der Waals surface area contributed by atoms with E-state index < -0.39 is 7.25 Å². The van der Waals surface area contributed by atoms with Crippen molar-refractivity contribution in [2.45, 2.75) is 37.7 Å². The summed E-state index contributed by atoms with van der Waals surface area (Å²) in [6, 6.07) is 17.8. The zero-order valence-electron chi connectivity index (χ0n) is 13.3. The molecule has 1 unspecified atom stereocenters. The van der Waals surface area contributed by atoms with Crippen molar-refractivity contribution in [3.8, 4) is 0 Å². The van der Waals surface area contributed by atoms with Crippen molar-refractivity contribution < 1.29 is 22.0 Å². The topological polar surface area (TPSA) is 9.23 Å². The van der Waals surface area contributed by atoms with E-state index in [0.29, 0.717) is 5.25 Å². The van der Waals surface area contributed by atoms with Gasteiger partial charge in [0.15, 0.2) is 15.0 Å². The van der Waals surface area contributed by atoms with E-state index in [1.807, 2.05) is 11.8 Å². The van der Waals surface area contributed by atoms with Gasteiger partial charge in [-0.3, -0.25) is 0 Å². The molecule has 2 aromatic rings. The first-order chi connectivity index (χ1) is 11.9. The highest BCUT2D eigenvalue weighted by atomic mass is 32.2. The Kier molecular flexibility index (Phi) is 6.02. The van der Waals surface area contributed by atoms with E-state index in [-0.39, 0.29) is 10.9 Å². The molecule has 1 nitrogen and oxygen atoms in total. The van der Waals surface area contributed by atoms with E-state index in [1.165, 1.54) is 32.4 Å². The van der Waals surface area contributed by atoms with Crippen molar-refractivity contribution >= 4 is 29.9 Å². The molecule has 0 N–H and O–H groups in total. The lowest BCUT2D eigenvalue weighted by Gasteiger charge is -2.27. The van der Waals surface area contributed by atoms with E-state index in [1.54, 1.807) is 0 Å². The molecule has 2 aromatic carbocycles. The summed E-state index contributed by atoms with van der Waals surface area (Å²) in [7, 11) is -5.83. The van der Waals surface area contributed by atoms with Crippen molar-refractivity contribution in [3.05, 3.63) is 48.5 Å². The molecule has 134 valence electrons. The predicted molar refractivity (Wildman–Crippen MR) is 94.9 cm³/mol. The third-order valence-electron chi connectivity index (χ3n) is 3.84. The van der Waals surface area contributed by atoms with E-state index in [0.717, 1.165) is 13.2 Å². The quantitative estimate of drug-likeness (QED) is 0.354. The molecule has 2 aliphatic heterocycles. The lowest BCUT2D eigenvalue weighted by Crippen LogP contribution is -2.32. The van der Waals surface area contributed by atoms with Gasteiger partial charge in [-0.25, -0.2) is 0 Å². The van der Waals surface area contributed by atoms with Gasteiger partial charge >= 0.3 is 7.25 Å². The molecule has 0 saturated carbocycles. The summed E-state index contributed by atoms with van der Waals surface area (Å²) in [5.74, 6) is 0. The maximum atomic E-state index is 9.75. The fourth-order valence-corrected chi connectivity index (χ4v) is 7.19. The Morgan fingerprint density at radius 2 is 1.44 bits per heavy atom. The number of hydrogen-bond donors (Lipinski definition) is 0. The number of hydrogen-bond acceptors (Lipinski definition) is 2. The molecule has 0 amide bonds. The lowest BCUT2D eigenvalue weighted by molar-refractivity contribution is 0.101. The maximum Gasteiger partial charge on any atom is 0.673 e. The first-order valence-corrected chi connectivity index (χ1v) is 10.1. The first kappa shape index (κ1) is 18.7. The molecule has 8 heteroatoms. The summed E-state index contributed by atoms with van der Waals surface area (Å²) in [5.41, 5.74) is 0. The van der Waals surface area contributed by atoms with Crippen molar-refractivity contribution in [2.24, 2.45) is 0 Å². The molecule has 1 atom stereocenters. The Morgan fingerprint density at radius 3 is 1.92 bits per heavy atom. The highest BCUT2D eigenvalue weighted by Gasteiger charge is 2.42. The Morgan fingerprint density at radius 1 is 0.920 bits per heavy atom. The monoisotopic (exact) mass is 388 g/mol. The molecule has 1 fully saturated rings. The van der Waals surface area contributed by atoms with Gasteiger partial charge in [-0.05, 0) is 30.7 Å². The molecule has 2 heterocycles. The van der Waals surface area contributed by atoms with Gasteiger partial charge in [0.2, 0.25) is 0 Å². The number of ether oxygens (including phenoxy) is 1. The molecule has 1 saturated heterocycles. The molecule has 25 heavy (non-hydrogen) atoms. The summed E-state index contributed by atoms with van der Waals surface area (Å²) >= 11 is 1.92. The molecular formula is C17H17BF4OS2. The van der Waals surface area contributed by atoms with Crippen LogP contribution in [0.1, 0.15) is 12.8 Å². The first-order valence-electron chi connectivity index (χ1n) is 7.97. The highest BCUT2D eigenvalue weighted by molar-refractivity contribution is 8.04. The van der Waals surface area contributed by atoms with Crippen LogP contribution in [0.3, 0.4) is 0 Å². The van der Waals surface area contributed by atoms with Crippen molar-refractivity contribution in [3.63, 3.8) is 0 Å². The zero-order valence-corrected chi connectivity index (χ0v) is 15.0. The minimum absolute atomic E-state index is 0.173. The Bertz CT molecular complexity index is 668.